The number of nitrogens with one attached hydrogen (secondary N) is 1. The maximum Gasteiger partial charge on any atom is 0.175 e. The summed E-state index contributed by atoms with van der Waals surface area (Å²) >= 11 is 0. The van der Waals surface area contributed by atoms with Gasteiger partial charge in [-0.1, -0.05) is 24.3 Å². The molecule has 27 heavy (non-hydrogen) atoms. The lowest BCUT2D eigenvalue weighted by molar-refractivity contribution is 0.414. The third kappa shape index (κ3) is 4.65. The third-order valence-corrected chi connectivity index (χ3v) is 5.39. The van der Waals surface area contributed by atoms with Crippen molar-refractivity contribution in [3.05, 3.63) is 83.7 Å². The minimum absolute atomic E-state index is 0.223. The molecule has 5 nitrogen and oxygen atoms in total. The van der Waals surface area contributed by atoms with Crippen molar-refractivity contribution in [3.8, 4) is 5.75 Å². The second-order valence-electron chi connectivity index (χ2n) is 6.38. The molecule has 3 aromatic rings. The molecule has 1 heterocycles. The van der Waals surface area contributed by atoms with Crippen LogP contribution in [-0.2, 0) is 9.84 Å². The highest BCUT2D eigenvalue weighted by Gasteiger charge is 2.17. The van der Waals surface area contributed by atoms with Crippen molar-refractivity contribution in [2.75, 3.05) is 18.7 Å². The van der Waals surface area contributed by atoms with Gasteiger partial charge in [-0.2, -0.15) is 0 Å². The van der Waals surface area contributed by atoms with E-state index in [0.717, 1.165) is 28.3 Å². The molecule has 6 heteroatoms. The molecule has 1 unspecified atom stereocenters. The summed E-state index contributed by atoms with van der Waals surface area (Å²) in [6.45, 7) is 1.93. The summed E-state index contributed by atoms with van der Waals surface area (Å²) in [6, 6.07) is 18.4. The SMILES string of the molecule is COc1ccc(C(Nc2ccnc(C)c2)c2cccc(S(C)(=O)=O)c2)cc1. The quantitative estimate of drug-likeness (QED) is 0.698. The molecule has 0 radical (unpaired) electrons. The summed E-state index contributed by atoms with van der Waals surface area (Å²) in [7, 11) is -1.66. The first-order chi connectivity index (χ1) is 12.9. The van der Waals surface area contributed by atoms with Crippen molar-refractivity contribution in [3.63, 3.8) is 0 Å². The Morgan fingerprint density at radius 2 is 1.74 bits per heavy atom. The fraction of sp³-hybridized carbons (Fsp3) is 0.190. The van der Waals surface area contributed by atoms with Crippen LogP contribution in [0, 0.1) is 6.92 Å². The minimum atomic E-state index is -3.29. The van der Waals surface area contributed by atoms with E-state index >= 15 is 0 Å². The van der Waals surface area contributed by atoms with Gasteiger partial charge in [0.05, 0.1) is 18.0 Å². The second kappa shape index (κ2) is 7.80. The van der Waals surface area contributed by atoms with Crippen LogP contribution < -0.4 is 10.1 Å². The van der Waals surface area contributed by atoms with Crippen molar-refractivity contribution < 1.29 is 13.2 Å². The summed E-state index contributed by atoms with van der Waals surface area (Å²) in [5, 5.41) is 3.49. The second-order valence-corrected chi connectivity index (χ2v) is 8.40. The normalized spacial score (nSPS) is 12.4. The van der Waals surface area contributed by atoms with E-state index < -0.39 is 9.84 Å². The smallest absolute Gasteiger partial charge is 0.175 e. The fourth-order valence-corrected chi connectivity index (χ4v) is 3.56. The molecule has 1 atom stereocenters. The zero-order chi connectivity index (χ0) is 19.4. The molecular formula is C21H22N2O3S. The van der Waals surface area contributed by atoms with Crippen molar-refractivity contribution in [1.29, 1.82) is 0 Å². The van der Waals surface area contributed by atoms with Gasteiger partial charge in [-0.25, -0.2) is 8.42 Å². The van der Waals surface area contributed by atoms with E-state index in [1.54, 1.807) is 31.5 Å². The Morgan fingerprint density at radius 3 is 2.37 bits per heavy atom. The number of benzene rings is 2. The summed E-state index contributed by atoms with van der Waals surface area (Å²) < 4.78 is 29.2. The number of aromatic nitrogens is 1. The van der Waals surface area contributed by atoms with Gasteiger partial charge in [0.25, 0.3) is 0 Å². The molecule has 0 fully saturated rings. The van der Waals surface area contributed by atoms with Crippen molar-refractivity contribution in [2.24, 2.45) is 0 Å². The standard InChI is InChI=1S/C21H22N2O3S/c1-15-13-18(11-12-22-15)23-21(16-7-9-19(26-2)10-8-16)17-5-4-6-20(14-17)27(3,24)25/h4-14,21H,1-3H3,(H,22,23). The zero-order valence-corrected chi connectivity index (χ0v) is 16.3. The first-order valence-electron chi connectivity index (χ1n) is 8.50. The first-order valence-corrected chi connectivity index (χ1v) is 10.4. The van der Waals surface area contributed by atoms with Crippen LogP contribution >= 0.6 is 0 Å². The Bertz CT molecular complexity index is 1030. The van der Waals surface area contributed by atoms with E-state index in [4.69, 9.17) is 4.74 Å². The molecule has 140 valence electrons. The number of hydrogen-bond donors (Lipinski definition) is 1. The zero-order valence-electron chi connectivity index (χ0n) is 15.5. The van der Waals surface area contributed by atoms with E-state index in [1.165, 1.54) is 6.26 Å². The number of anilines is 1. The van der Waals surface area contributed by atoms with Gasteiger partial charge >= 0.3 is 0 Å². The van der Waals surface area contributed by atoms with Gasteiger partial charge in [-0.3, -0.25) is 4.98 Å². The molecule has 0 aliphatic rings. The lowest BCUT2D eigenvalue weighted by Crippen LogP contribution is -2.13. The van der Waals surface area contributed by atoms with E-state index in [9.17, 15) is 8.42 Å². The van der Waals surface area contributed by atoms with Crippen molar-refractivity contribution in [2.45, 2.75) is 17.9 Å². The lowest BCUT2D eigenvalue weighted by atomic mass is 9.98. The maximum atomic E-state index is 12.0. The molecule has 0 saturated carbocycles. The monoisotopic (exact) mass is 382 g/mol. The fourth-order valence-electron chi connectivity index (χ4n) is 2.88. The van der Waals surface area contributed by atoms with Crippen molar-refractivity contribution >= 4 is 15.5 Å². The topological polar surface area (TPSA) is 68.3 Å². The Hall–Kier alpha value is -2.86. The number of hydrogen-bond acceptors (Lipinski definition) is 5. The van der Waals surface area contributed by atoms with Gasteiger partial charge < -0.3 is 10.1 Å². The molecule has 0 aliphatic carbocycles. The Balaban J connectivity index is 2.06. The third-order valence-electron chi connectivity index (χ3n) is 4.28. The molecule has 2 aromatic carbocycles. The molecule has 0 bridgehead atoms. The molecule has 0 aliphatic heterocycles. The summed E-state index contributed by atoms with van der Waals surface area (Å²) in [5.74, 6) is 0.766. The average Bonchev–Trinajstić information content (AvgIpc) is 2.66. The summed E-state index contributed by atoms with van der Waals surface area (Å²) in [4.78, 5) is 4.52. The molecule has 0 amide bonds. The predicted octanol–water partition coefficient (Wildman–Crippen LogP) is 4.00. The molecule has 3 rings (SSSR count). The van der Waals surface area contributed by atoms with Crippen LogP contribution in [0.4, 0.5) is 5.69 Å². The largest absolute Gasteiger partial charge is 0.497 e. The van der Waals surface area contributed by atoms with Crippen LogP contribution in [0.15, 0.2) is 71.8 Å². The Kier molecular flexibility index (Phi) is 5.46. The molecular weight excluding hydrogens is 360 g/mol. The Morgan fingerprint density at radius 1 is 1.00 bits per heavy atom. The predicted molar refractivity (Wildman–Crippen MR) is 107 cm³/mol. The van der Waals surface area contributed by atoms with Gasteiger partial charge in [0, 0.05) is 23.8 Å². The lowest BCUT2D eigenvalue weighted by Gasteiger charge is -2.22. The molecule has 1 N–H and O–H groups in total. The minimum Gasteiger partial charge on any atom is -0.497 e. The van der Waals surface area contributed by atoms with Gasteiger partial charge in [0.1, 0.15) is 5.75 Å². The van der Waals surface area contributed by atoms with Gasteiger partial charge in [-0.05, 0) is 54.4 Å². The highest BCUT2D eigenvalue weighted by molar-refractivity contribution is 7.90. The maximum absolute atomic E-state index is 12.0. The van der Waals surface area contributed by atoms with E-state index in [2.05, 4.69) is 10.3 Å². The van der Waals surface area contributed by atoms with Gasteiger partial charge in [-0.15, -0.1) is 0 Å². The Labute approximate surface area is 160 Å². The van der Waals surface area contributed by atoms with Crippen LogP contribution in [0.5, 0.6) is 5.75 Å². The van der Waals surface area contributed by atoms with Crippen LogP contribution in [-0.4, -0.2) is 26.8 Å². The summed E-state index contributed by atoms with van der Waals surface area (Å²) in [6.07, 6.45) is 2.96. The van der Waals surface area contributed by atoms with E-state index in [-0.39, 0.29) is 6.04 Å². The number of aryl methyl sites for hydroxylation is 1. The number of sulfone groups is 1. The number of methoxy groups -OCH3 is 1. The van der Waals surface area contributed by atoms with Gasteiger partial charge in [0.15, 0.2) is 9.84 Å². The molecule has 0 saturated heterocycles. The highest BCUT2D eigenvalue weighted by atomic mass is 32.2. The van der Waals surface area contributed by atoms with E-state index in [0.29, 0.717) is 4.90 Å². The van der Waals surface area contributed by atoms with Crippen LogP contribution in [0.25, 0.3) is 0 Å². The number of pyridine rings is 1. The first kappa shape index (κ1) is 18.9. The average molecular weight is 382 g/mol. The van der Waals surface area contributed by atoms with Crippen LogP contribution in [0.2, 0.25) is 0 Å². The number of rotatable bonds is 6. The van der Waals surface area contributed by atoms with Gasteiger partial charge in [0.2, 0.25) is 0 Å². The van der Waals surface area contributed by atoms with Crippen LogP contribution in [0.3, 0.4) is 0 Å². The van der Waals surface area contributed by atoms with E-state index in [1.807, 2.05) is 49.4 Å². The van der Waals surface area contributed by atoms with Crippen LogP contribution in [0.1, 0.15) is 22.9 Å². The highest BCUT2D eigenvalue weighted by Crippen LogP contribution is 2.29. The van der Waals surface area contributed by atoms with Crippen molar-refractivity contribution in [1.82, 2.24) is 4.98 Å². The number of ether oxygens (including phenoxy) is 1. The molecule has 1 aromatic heterocycles. The summed E-state index contributed by atoms with van der Waals surface area (Å²) in [5.41, 5.74) is 3.67. The number of nitrogens with zero attached hydrogens (tertiary/aromatic N) is 1. The molecule has 0 spiro atoms.